The van der Waals surface area contributed by atoms with Gasteiger partial charge in [0.05, 0.1) is 0 Å². The van der Waals surface area contributed by atoms with Crippen LogP contribution in [-0.2, 0) is 4.79 Å². The van der Waals surface area contributed by atoms with Crippen molar-refractivity contribution in [1.29, 1.82) is 0 Å². The van der Waals surface area contributed by atoms with Crippen molar-refractivity contribution in [3.05, 3.63) is 35.6 Å². The van der Waals surface area contributed by atoms with Crippen molar-refractivity contribution in [2.45, 2.75) is 33.3 Å². The first kappa shape index (κ1) is 12.3. The molecule has 0 fully saturated rings. The Kier molecular flexibility index (Phi) is 3.73. The SMILES string of the molecule is CC(=C=C=O)c1ccc(OC(C)(C)C)cc1. The minimum absolute atomic E-state index is 0.199. The molecule has 0 aliphatic rings. The van der Waals surface area contributed by atoms with E-state index in [1.165, 1.54) is 0 Å². The van der Waals surface area contributed by atoms with Crippen LogP contribution in [-0.4, -0.2) is 11.5 Å². The fourth-order valence-electron chi connectivity index (χ4n) is 1.28. The average molecular weight is 216 g/mol. The second kappa shape index (κ2) is 4.85. The van der Waals surface area contributed by atoms with E-state index in [0.717, 1.165) is 16.9 Å². The first-order valence-corrected chi connectivity index (χ1v) is 5.18. The van der Waals surface area contributed by atoms with Crippen molar-refractivity contribution < 1.29 is 9.53 Å². The summed E-state index contributed by atoms with van der Waals surface area (Å²) in [7, 11) is 0. The summed E-state index contributed by atoms with van der Waals surface area (Å²) in [6.45, 7) is 7.83. The number of hydrogen-bond donors (Lipinski definition) is 0. The third kappa shape index (κ3) is 3.78. The number of ether oxygens (including phenoxy) is 1. The van der Waals surface area contributed by atoms with Gasteiger partial charge in [0, 0.05) is 5.57 Å². The lowest BCUT2D eigenvalue weighted by atomic mass is 10.1. The van der Waals surface area contributed by atoms with Gasteiger partial charge >= 0.3 is 0 Å². The van der Waals surface area contributed by atoms with Crippen LogP contribution in [0.3, 0.4) is 0 Å². The molecule has 0 heterocycles. The highest BCUT2D eigenvalue weighted by molar-refractivity contribution is 5.69. The summed E-state index contributed by atoms with van der Waals surface area (Å²) < 4.78 is 5.69. The normalized spacial score (nSPS) is 10.2. The number of allylic oxidation sites excluding steroid dienone is 1. The Morgan fingerprint density at radius 1 is 1.19 bits per heavy atom. The molecule has 2 nitrogen and oxygen atoms in total. The maximum atomic E-state index is 10.2. The number of hydrogen-bond acceptors (Lipinski definition) is 2. The lowest BCUT2D eigenvalue weighted by molar-refractivity contribution is 0.131. The second-order valence-electron chi connectivity index (χ2n) is 4.59. The van der Waals surface area contributed by atoms with Crippen LogP contribution in [0.5, 0.6) is 5.75 Å². The van der Waals surface area contributed by atoms with Gasteiger partial charge in [0.1, 0.15) is 11.4 Å². The van der Waals surface area contributed by atoms with E-state index >= 15 is 0 Å². The molecule has 0 saturated carbocycles. The third-order valence-corrected chi connectivity index (χ3v) is 1.95. The number of benzene rings is 1. The van der Waals surface area contributed by atoms with Crippen LogP contribution in [0.15, 0.2) is 30.0 Å². The summed E-state index contributed by atoms with van der Waals surface area (Å²) in [5.41, 5.74) is 4.02. The maximum absolute atomic E-state index is 10.2. The lowest BCUT2D eigenvalue weighted by Crippen LogP contribution is -2.22. The van der Waals surface area contributed by atoms with E-state index in [-0.39, 0.29) is 5.60 Å². The molecule has 0 N–H and O–H groups in total. The van der Waals surface area contributed by atoms with Gasteiger partial charge in [-0.25, -0.2) is 4.79 Å². The summed E-state index contributed by atoms with van der Waals surface area (Å²) in [6.07, 6.45) is 0. The monoisotopic (exact) mass is 216 g/mol. The van der Waals surface area contributed by atoms with E-state index in [2.05, 4.69) is 5.73 Å². The van der Waals surface area contributed by atoms with Crippen molar-refractivity contribution in [2.24, 2.45) is 0 Å². The highest BCUT2D eigenvalue weighted by atomic mass is 16.5. The van der Waals surface area contributed by atoms with Gasteiger partial charge in [-0.05, 0) is 51.1 Å². The van der Waals surface area contributed by atoms with Crippen LogP contribution in [0.4, 0.5) is 0 Å². The van der Waals surface area contributed by atoms with Gasteiger partial charge < -0.3 is 4.74 Å². The molecule has 0 saturated heterocycles. The molecule has 0 aliphatic carbocycles. The molecule has 0 unspecified atom stereocenters. The van der Waals surface area contributed by atoms with Gasteiger partial charge in [0.15, 0.2) is 5.94 Å². The molecule has 0 bridgehead atoms. The van der Waals surface area contributed by atoms with E-state index in [1.54, 1.807) is 5.94 Å². The lowest BCUT2D eigenvalue weighted by Gasteiger charge is -2.21. The zero-order valence-corrected chi connectivity index (χ0v) is 10.1. The standard InChI is InChI=1S/C14H16O2/c1-11(9-10-15)12-5-7-13(8-6-12)16-14(2,3)4/h5-8H,1-4H3. The second-order valence-corrected chi connectivity index (χ2v) is 4.59. The minimum atomic E-state index is -0.199. The molecule has 1 aromatic rings. The Hall–Kier alpha value is -1.75. The average Bonchev–Trinajstić information content (AvgIpc) is 2.16. The fourth-order valence-corrected chi connectivity index (χ4v) is 1.28. The third-order valence-electron chi connectivity index (χ3n) is 1.95. The summed E-state index contributed by atoms with van der Waals surface area (Å²) in [4.78, 5) is 10.2. The zero-order chi connectivity index (χ0) is 12.2. The molecule has 0 aliphatic heterocycles. The van der Waals surface area contributed by atoms with Crippen molar-refractivity contribution in [3.63, 3.8) is 0 Å². The highest BCUT2D eigenvalue weighted by Crippen LogP contribution is 2.21. The van der Waals surface area contributed by atoms with Crippen LogP contribution >= 0.6 is 0 Å². The molecular weight excluding hydrogens is 200 g/mol. The summed E-state index contributed by atoms with van der Waals surface area (Å²) in [5, 5.41) is 0. The summed E-state index contributed by atoms with van der Waals surface area (Å²) in [5.74, 6) is 2.47. The predicted molar refractivity (Wildman–Crippen MR) is 65.1 cm³/mol. The van der Waals surface area contributed by atoms with E-state index in [0.29, 0.717) is 0 Å². The molecule has 2 heteroatoms. The molecule has 0 radical (unpaired) electrons. The first-order valence-electron chi connectivity index (χ1n) is 5.18. The van der Waals surface area contributed by atoms with E-state index < -0.39 is 0 Å². The predicted octanol–water partition coefficient (Wildman–Crippen LogP) is 3.25. The van der Waals surface area contributed by atoms with Gasteiger partial charge in [-0.1, -0.05) is 12.1 Å². The molecule has 0 amide bonds. The molecule has 16 heavy (non-hydrogen) atoms. The molecule has 84 valence electrons. The van der Waals surface area contributed by atoms with Crippen molar-refractivity contribution in [2.75, 3.05) is 0 Å². The number of rotatable bonds is 2. The molecular formula is C14H16O2. The molecule has 0 atom stereocenters. The largest absolute Gasteiger partial charge is 0.488 e. The van der Waals surface area contributed by atoms with E-state index in [1.807, 2.05) is 52.0 Å². The summed E-state index contributed by atoms with van der Waals surface area (Å²) in [6, 6.07) is 7.58. The first-order chi connectivity index (χ1) is 7.42. The maximum Gasteiger partial charge on any atom is 0.177 e. The number of carbonyl (C=O) groups excluding carboxylic acids is 1. The summed E-state index contributed by atoms with van der Waals surface area (Å²) >= 11 is 0. The van der Waals surface area contributed by atoms with Gasteiger partial charge in [-0.3, -0.25) is 0 Å². The quantitative estimate of drug-likeness (QED) is 0.560. The van der Waals surface area contributed by atoms with Crippen LogP contribution in [0.25, 0.3) is 5.57 Å². The Labute approximate surface area is 96.2 Å². The Morgan fingerprint density at radius 3 is 2.19 bits per heavy atom. The highest BCUT2D eigenvalue weighted by Gasteiger charge is 2.11. The van der Waals surface area contributed by atoms with Crippen LogP contribution in [0, 0.1) is 0 Å². The molecule has 0 spiro atoms. The van der Waals surface area contributed by atoms with E-state index in [9.17, 15) is 4.79 Å². The van der Waals surface area contributed by atoms with Crippen molar-refractivity contribution in [3.8, 4) is 5.75 Å². The van der Waals surface area contributed by atoms with Crippen LogP contribution in [0.2, 0.25) is 0 Å². The van der Waals surface area contributed by atoms with Gasteiger partial charge in [-0.15, -0.1) is 0 Å². The van der Waals surface area contributed by atoms with Crippen molar-refractivity contribution >= 4 is 11.5 Å². The van der Waals surface area contributed by atoms with Gasteiger partial charge in [0.25, 0.3) is 0 Å². The topological polar surface area (TPSA) is 26.3 Å². The minimum Gasteiger partial charge on any atom is -0.488 e. The molecule has 0 aromatic heterocycles. The Morgan fingerprint density at radius 2 is 1.75 bits per heavy atom. The van der Waals surface area contributed by atoms with Gasteiger partial charge in [-0.2, -0.15) is 0 Å². The Balaban J connectivity index is 2.92. The van der Waals surface area contributed by atoms with Gasteiger partial charge in [0.2, 0.25) is 0 Å². The molecule has 1 rings (SSSR count). The smallest absolute Gasteiger partial charge is 0.177 e. The molecule has 1 aromatic carbocycles. The van der Waals surface area contributed by atoms with Crippen molar-refractivity contribution in [1.82, 2.24) is 0 Å². The fraction of sp³-hybridized carbons (Fsp3) is 0.357. The van der Waals surface area contributed by atoms with Crippen LogP contribution in [0.1, 0.15) is 33.3 Å². The zero-order valence-electron chi connectivity index (χ0n) is 10.1. The van der Waals surface area contributed by atoms with E-state index in [4.69, 9.17) is 4.74 Å². The Bertz CT molecular complexity index is 437. The van der Waals surface area contributed by atoms with Crippen LogP contribution < -0.4 is 4.74 Å².